The molecule has 0 radical (unpaired) electrons. The first-order valence-electron chi connectivity index (χ1n) is 6.25. The Bertz CT molecular complexity index is 745. The first-order chi connectivity index (χ1) is 10.0. The number of hydrogen-bond donors (Lipinski definition) is 3. The summed E-state index contributed by atoms with van der Waals surface area (Å²) >= 11 is 5.96. The van der Waals surface area contributed by atoms with Crippen LogP contribution in [0.25, 0.3) is 0 Å². The first kappa shape index (κ1) is 13.5. The molecule has 0 saturated carbocycles. The molecule has 0 spiro atoms. The number of carboxylic acid groups (broad SMARTS) is 1. The molecule has 2 aromatic carbocycles. The number of rotatable bonds is 3. The van der Waals surface area contributed by atoms with Crippen LogP contribution in [0.3, 0.4) is 0 Å². The molecular weight excluding hydrogens is 292 g/mol. The Labute approximate surface area is 125 Å². The Morgan fingerprint density at radius 2 is 2.05 bits per heavy atom. The van der Waals surface area contributed by atoms with E-state index >= 15 is 0 Å². The molecule has 3 rings (SSSR count). The molecule has 1 heterocycles. The predicted molar refractivity (Wildman–Crippen MR) is 79.8 cm³/mol. The summed E-state index contributed by atoms with van der Waals surface area (Å²) in [6, 6.07) is 10.9. The second-order valence-corrected chi connectivity index (χ2v) is 5.12. The first-order valence-corrected chi connectivity index (χ1v) is 6.62. The highest BCUT2D eigenvalue weighted by atomic mass is 35.5. The number of carbonyl (C=O) groups excluding carboxylic acids is 1. The number of anilines is 2. The lowest BCUT2D eigenvalue weighted by Gasteiger charge is -2.13. The molecule has 2 aromatic rings. The lowest BCUT2D eigenvalue weighted by molar-refractivity contribution is -0.116. The van der Waals surface area contributed by atoms with Crippen LogP contribution >= 0.6 is 11.6 Å². The van der Waals surface area contributed by atoms with Gasteiger partial charge < -0.3 is 15.7 Å². The van der Waals surface area contributed by atoms with Crippen molar-refractivity contribution < 1.29 is 14.7 Å². The summed E-state index contributed by atoms with van der Waals surface area (Å²) in [6.45, 7) is 0. The van der Waals surface area contributed by atoms with Crippen molar-refractivity contribution in [2.75, 3.05) is 10.6 Å². The molecule has 0 saturated heterocycles. The zero-order valence-corrected chi connectivity index (χ0v) is 11.5. The minimum absolute atomic E-state index is 0.157. The van der Waals surface area contributed by atoms with Crippen molar-refractivity contribution >= 4 is 34.9 Å². The van der Waals surface area contributed by atoms with Crippen molar-refractivity contribution in [2.24, 2.45) is 0 Å². The number of nitrogens with one attached hydrogen (secondary N) is 2. The van der Waals surface area contributed by atoms with Crippen LogP contribution in [0.1, 0.15) is 22.0 Å². The maximum absolute atomic E-state index is 12.0. The van der Waals surface area contributed by atoms with Crippen LogP contribution in [-0.4, -0.2) is 17.0 Å². The van der Waals surface area contributed by atoms with Gasteiger partial charge in [0.15, 0.2) is 0 Å². The third-order valence-electron chi connectivity index (χ3n) is 3.27. The standard InChI is InChI=1S/C15H11ClN2O3/c16-9-4-5-12-11(7-9)13(14(19)18-12)17-10-3-1-2-8(6-10)15(20)21/h1-7,13,17H,(H,18,19)(H,20,21). The van der Waals surface area contributed by atoms with Gasteiger partial charge in [-0.2, -0.15) is 0 Å². The fraction of sp³-hybridized carbons (Fsp3) is 0.0667. The van der Waals surface area contributed by atoms with E-state index in [1.165, 1.54) is 12.1 Å². The Morgan fingerprint density at radius 1 is 1.24 bits per heavy atom. The summed E-state index contributed by atoms with van der Waals surface area (Å²) in [6.07, 6.45) is 0. The van der Waals surface area contributed by atoms with Gasteiger partial charge in [0, 0.05) is 22.0 Å². The largest absolute Gasteiger partial charge is 0.478 e. The summed E-state index contributed by atoms with van der Waals surface area (Å²) in [5, 5.41) is 15.3. The number of carboxylic acids is 1. The Hall–Kier alpha value is -2.53. The normalized spacial score (nSPS) is 16.2. The van der Waals surface area contributed by atoms with E-state index in [0.717, 1.165) is 5.56 Å². The van der Waals surface area contributed by atoms with Gasteiger partial charge in [0.1, 0.15) is 6.04 Å². The third-order valence-corrected chi connectivity index (χ3v) is 3.50. The van der Waals surface area contributed by atoms with Gasteiger partial charge in [-0.25, -0.2) is 4.79 Å². The van der Waals surface area contributed by atoms with Crippen LogP contribution in [0.4, 0.5) is 11.4 Å². The van der Waals surface area contributed by atoms with Crippen molar-refractivity contribution in [1.82, 2.24) is 0 Å². The van der Waals surface area contributed by atoms with E-state index in [9.17, 15) is 9.59 Å². The number of hydrogen-bond acceptors (Lipinski definition) is 3. The summed E-state index contributed by atoms with van der Waals surface area (Å²) in [5.41, 5.74) is 2.16. The van der Waals surface area contributed by atoms with E-state index in [1.54, 1.807) is 30.3 Å². The monoisotopic (exact) mass is 302 g/mol. The van der Waals surface area contributed by atoms with Crippen molar-refractivity contribution in [3.8, 4) is 0 Å². The van der Waals surface area contributed by atoms with Crippen molar-refractivity contribution in [2.45, 2.75) is 6.04 Å². The van der Waals surface area contributed by atoms with E-state index < -0.39 is 12.0 Å². The molecule has 0 bridgehead atoms. The molecule has 1 amide bonds. The van der Waals surface area contributed by atoms with Crippen molar-refractivity contribution in [3.05, 3.63) is 58.6 Å². The van der Waals surface area contributed by atoms with Gasteiger partial charge >= 0.3 is 5.97 Å². The average Bonchev–Trinajstić information content (AvgIpc) is 2.75. The lowest BCUT2D eigenvalue weighted by Crippen LogP contribution is -2.19. The molecule has 1 aliphatic heterocycles. The van der Waals surface area contributed by atoms with Crippen LogP contribution in [0.2, 0.25) is 5.02 Å². The fourth-order valence-electron chi connectivity index (χ4n) is 2.28. The van der Waals surface area contributed by atoms with Gasteiger partial charge in [-0.05, 0) is 36.4 Å². The molecule has 106 valence electrons. The zero-order chi connectivity index (χ0) is 15.0. The third kappa shape index (κ3) is 2.55. The highest BCUT2D eigenvalue weighted by Crippen LogP contribution is 2.35. The summed E-state index contributed by atoms with van der Waals surface area (Å²) in [5.74, 6) is -1.22. The van der Waals surface area contributed by atoms with Gasteiger partial charge in [-0.15, -0.1) is 0 Å². The van der Waals surface area contributed by atoms with Crippen LogP contribution in [0.15, 0.2) is 42.5 Å². The molecular formula is C15H11ClN2O3. The molecule has 1 aliphatic rings. The van der Waals surface area contributed by atoms with E-state index in [2.05, 4.69) is 10.6 Å². The van der Waals surface area contributed by atoms with Crippen molar-refractivity contribution in [3.63, 3.8) is 0 Å². The molecule has 5 nitrogen and oxygen atoms in total. The van der Waals surface area contributed by atoms with Gasteiger partial charge in [-0.1, -0.05) is 17.7 Å². The van der Waals surface area contributed by atoms with Crippen LogP contribution in [0.5, 0.6) is 0 Å². The van der Waals surface area contributed by atoms with Crippen LogP contribution in [-0.2, 0) is 4.79 Å². The quantitative estimate of drug-likeness (QED) is 0.814. The number of halogens is 1. The van der Waals surface area contributed by atoms with E-state index in [4.69, 9.17) is 16.7 Å². The molecule has 0 aromatic heterocycles. The second-order valence-electron chi connectivity index (χ2n) is 4.68. The topological polar surface area (TPSA) is 78.4 Å². The predicted octanol–water partition coefficient (Wildman–Crippen LogP) is 3.14. The Kier molecular flexibility index (Phi) is 3.27. The molecule has 6 heteroatoms. The van der Waals surface area contributed by atoms with E-state index in [0.29, 0.717) is 16.4 Å². The second kappa shape index (κ2) is 5.10. The molecule has 21 heavy (non-hydrogen) atoms. The highest BCUT2D eigenvalue weighted by molar-refractivity contribution is 6.31. The van der Waals surface area contributed by atoms with E-state index in [1.807, 2.05) is 0 Å². The molecule has 1 atom stereocenters. The zero-order valence-electron chi connectivity index (χ0n) is 10.8. The lowest BCUT2D eigenvalue weighted by atomic mass is 10.1. The van der Waals surface area contributed by atoms with Gasteiger partial charge in [0.05, 0.1) is 5.56 Å². The summed E-state index contributed by atoms with van der Waals surface area (Å²) < 4.78 is 0. The maximum atomic E-state index is 12.0. The SMILES string of the molecule is O=C(O)c1cccc(NC2C(=O)Nc3ccc(Cl)cc32)c1. The number of fused-ring (bicyclic) bond motifs is 1. The molecule has 0 aliphatic carbocycles. The van der Waals surface area contributed by atoms with Crippen molar-refractivity contribution in [1.29, 1.82) is 0 Å². The number of amides is 1. The molecule has 3 N–H and O–H groups in total. The van der Waals surface area contributed by atoms with Gasteiger partial charge in [0.25, 0.3) is 5.91 Å². The van der Waals surface area contributed by atoms with Crippen LogP contribution in [0, 0.1) is 0 Å². The van der Waals surface area contributed by atoms with Gasteiger partial charge in [-0.3, -0.25) is 4.79 Å². The summed E-state index contributed by atoms with van der Waals surface area (Å²) in [7, 11) is 0. The van der Waals surface area contributed by atoms with Crippen LogP contribution < -0.4 is 10.6 Å². The number of carbonyl (C=O) groups is 2. The Morgan fingerprint density at radius 3 is 2.81 bits per heavy atom. The minimum Gasteiger partial charge on any atom is -0.478 e. The fourth-order valence-corrected chi connectivity index (χ4v) is 2.46. The van der Waals surface area contributed by atoms with Gasteiger partial charge in [0.2, 0.25) is 0 Å². The summed E-state index contributed by atoms with van der Waals surface area (Å²) in [4.78, 5) is 23.0. The highest BCUT2D eigenvalue weighted by Gasteiger charge is 2.30. The van der Waals surface area contributed by atoms with E-state index in [-0.39, 0.29) is 11.5 Å². The number of aromatic carboxylic acids is 1. The average molecular weight is 303 g/mol. The Balaban J connectivity index is 1.92. The minimum atomic E-state index is -1.02. The number of benzene rings is 2. The molecule has 0 fully saturated rings. The molecule has 1 unspecified atom stereocenters. The maximum Gasteiger partial charge on any atom is 0.335 e. The smallest absolute Gasteiger partial charge is 0.335 e.